The lowest BCUT2D eigenvalue weighted by atomic mass is 9.95. The van der Waals surface area contributed by atoms with Crippen LogP contribution in [0, 0.1) is 0 Å². The lowest BCUT2D eigenvalue weighted by Crippen LogP contribution is -2.34. The van der Waals surface area contributed by atoms with Crippen molar-refractivity contribution in [3.8, 4) is 0 Å². The predicted octanol–water partition coefficient (Wildman–Crippen LogP) is 4.44. The fourth-order valence-electron chi connectivity index (χ4n) is 3.71. The van der Waals surface area contributed by atoms with E-state index >= 15 is 0 Å². The van der Waals surface area contributed by atoms with Gasteiger partial charge < -0.3 is 10.2 Å². The molecule has 29 heavy (non-hydrogen) atoms. The van der Waals surface area contributed by atoms with Crippen molar-refractivity contribution in [2.24, 2.45) is 0 Å². The Labute approximate surface area is 180 Å². The second-order valence-corrected chi connectivity index (χ2v) is 7.59. The number of ketones is 1. The zero-order chi connectivity index (χ0) is 19.8. The van der Waals surface area contributed by atoms with Crippen LogP contribution >= 0.6 is 12.4 Å². The predicted molar refractivity (Wildman–Crippen MR) is 120 cm³/mol. The highest BCUT2D eigenvalue weighted by molar-refractivity contribution is 6.09. The third-order valence-electron chi connectivity index (χ3n) is 5.48. The van der Waals surface area contributed by atoms with Crippen LogP contribution in [0.1, 0.15) is 60.0 Å². The first-order valence-corrected chi connectivity index (χ1v) is 10.3. The van der Waals surface area contributed by atoms with Gasteiger partial charge in [-0.3, -0.25) is 9.59 Å². The molecule has 1 N–H and O–H groups in total. The number of nitrogens with one attached hydrogen (secondary N) is 1. The minimum atomic E-state index is -0.279. The summed E-state index contributed by atoms with van der Waals surface area (Å²) in [6.07, 6.45) is 4.91. The average Bonchev–Trinajstić information content (AvgIpc) is 2.77. The Morgan fingerprint density at radius 1 is 0.966 bits per heavy atom. The Bertz CT molecular complexity index is 788. The quantitative estimate of drug-likeness (QED) is 0.513. The molecular weight excluding hydrogens is 384 g/mol. The Balaban J connectivity index is 0.00000300. The standard InChI is InChI=1S/C24H30N2O2.ClH/c1-19(24(28)25-14-9-17-26-15-6-3-7-16-26)21-12-8-13-22(18-21)23(27)20-10-4-2-5-11-20;/h2,4-5,8,10-13,18-19H,3,6-7,9,14-17H2,1H3,(H,25,28);1H/t19-;/m0./s1. The zero-order valence-electron chi connectivity index (χ0n) is 17.1. The summed E-state index contributed by atoms with van der Waals surface area (Å²) >= 11 is 0. The summed E-state index contributed by atoms with van der Waals surface area (Å²) < 4.78 is 0. The molecule has 1 saturated heterocycles. The smallest absolute Gasteiger partial charge is 0.227 e. The molecule has 2 aromatic carbocycles. The summed E-state index contributed by atoms with van der Waals surface area (Å²) in [5.74, 6) is -0.280. The van der Waals surface area contributed by atoms with E-state index < -0.39 is 0 Å². The molecule has 5 heteroatoms. The first-order chi connectivity index (χ1) is 13.6. The van der Waals surface area contributed by atoms with Crippen molar-refractivity contribution in [2.75, 3.05) is 26.2 Å². The number of rotatable bonds is 8. The van der Waals surface area contributed by atoms with Crippen LogP contribution in [-0.4, -0.2) is 42.8 Å². The van der Waals surface area contributed by atoms with Crippen molar-refractivity contribution in [3.05, 3.63) is 71.3 Å². The third-order valence-corrected chi connectivity index (χ3v) is 5.48. The fraction of sp³-hybridized carbons (Fsp3) is 0.417. The summed E-state index contributed by atoms with van der Waals surface area (Å²) in [6, 6.07) is 16.7. The number of halogens is 1. The lowest BCUT2D eigenvalue weighted by Gasteiger charge is -2.26. The zero-order valence-corrected chi connectivity index (χ0v) is 17.9. The van der Waals surface area contributed by atoms with Crippen LogP contribution in [0.4, 0.5) is 0 Å². The van der Waals surface area contributed by atoms with Crippen LogP contribution in [-0.2, 0) is 4.79 Å². The number of nitrogens with zero attached hydrogens (tertiary/aromatic N) is 1. The molecule has 0 aromatic heterocycles. The number of amides is 1. The van der Waals surface area contributed by atoms with E-state index in [4.69, 9.17) is 0 Å². The van der Waals surface area contributed by atoms with Crippen LogP contribution < -0.4 is 5.32 Å². The van der Waals surface area contributed by atoms with E-state index in [1.165, 1.54) is 32.4 Å². The van der Waals surface area contributed by atoms with Gasteiger partial charge in [-0.25, -0.2) is 0 Å². The molecule has 0 radical (unpaired) electrons. The van der Waals surface area contributed by atoms with Gasteiger partial charge in [0, 0.05) is 17.7 Å². The van der Waals surface area contributed by atoms with Crippen LogP contribution in [0.2, 0.25) is 0 Å². The Kier molecular flexibility index (Phi) is 9.36. The van der Waals surface area contributed by atoms with Crippen molar-refractivity contribution in [2.45, 2.75) is 38.5 Å². The van der Waals surface area contributed by atoms with Gasteiger partial charge in [0.05, 0.1) is 5.92 Å². The molecular formula is C24H31ClN2O2. The van der Waals surface area contributed by atoms with Gasteiger partial charge in [0.15, 0.2) is 5.78 Å². The van der Waals surface area contributed by atoms with Gasteiger partial charge in [0.1, 0.15) is 0 Å². The van der Waals surface area contributed by atoms with E-state index in [0.717, 1.165) is 18.5 Å². The molecule has 1 fully saturated rings. The minimum absolute atomic E-state index is 0. The van der Waals surface area contributed by atoms with Gasteiger partial charge in [0.25, 0.3) is 0 Å². The molecule has 4 nitrogen and oxygen atoms in total. The molecule has 0 saturated carbocycles. The molecule has 2 aromatic rings. The van der Waals surface area contributed by atoms with Gasteiger partial charge in [-0.05, 0) is 57.5 Å². The average molecular weight is 415 g/mol. The molecule has 156 valence electrons. The maximum atomic E-state index is 12.6. The number of hydrogen-bond donors (Lipinski definition) is 1. The largest absolute Gasteiger partial charge is 0.356 e. The topological polar surface area (TPSA) is 49.4 Å². The van der Waals surface area contributed by atoms with Crippen molar-refractivity contribution >= 4 is 24.1 Å². The summed E-state index contributed by atoms with van der Waals surface area (Å²) in [4.78, 5) is 27.7. The van der Waals surface area contributed by atoms with Gasteiger partial charge in [0.2, 0.25) is 5.91 Å². The lowest BCUT2D eigenvalue weighted by molar-refractivity contribution is -0.122. The normalized spacial score (nSPS) is 15.2. The van der Waals surface area contributed by atoms with Crippen LogP contribution in [0.5, 0.6) is 0 Å². The second kappa shape index (κ2) is 11.7. The number of likely N-dealkylation sites (tertiary alicyclic amines) is 1. The van der Waals surface area contributed by atoms with Crippen LogP contribution in [0.15, 0.2) is 54.6 Å². The number of hydrogen-bond acceptors (Lipinski definition) is 3. The van der Waals surface area contributed by atoms with Gasteiger partial charge in [-0.1, -0.05) is 55.0 Å². The molecule has 3 rings (SSSR count). The maximum absolute atomic E-state index is 12.6. The second-order valence-electron chi connectivity index (χ2n) is 7.59. The number of carbonyl (C=O) groups is 2. The minimum Gasteiger partial charge on any atom is -0.356 e. The third kappa shape index (κ3) is 6.69. The Morgan fingerprint density at radius 3 is 2.38 bits per heavy atom. The van der Waals surface area contributed by atoms with E-state index in [1.807, 2.05) is 61.5 Å². The molecule has 1 amide bonds. The molecule has 1 heterocycles. The molecule has 1 atom stereocenters. The SMILES string of the molecule is C[C@H](C(=O)NCCCN1CCCCC1)c1cccc(C(=O)c2ccccc2)c1.Cl. The van der Waals surface area contributed by atoms with E-state index in [-0.39, 0.29) is 30.0 Å². The molecule has 0 spiro atoms. The summed E-state index contributed by atoms with van der Waals surface area (Å²) in [5, 5.41) is 3.05. The number of piperidine rings is 1. The van der Waals surface area contributed by atoms with Crippen LogP contribution in [0.25, 0.3) is 0 Å². The first-order valence-electron chi connectivity index (χ1n) is 10.3. The fourth-order valence-corrected chi connectivity index (χ4v) is 3.71. The van der Waals surface area contributed by atoms with Crippen molar-refractivity contribution in [1.82, 2.24) is 10.2 Å². The van der Waals surface area contributed by atoms with Gasteiger partial charge >= 0.3 is 0 Å². The van der Waals surface area contributed by atoms with Crippen molar-refractivity contribution < 1.29 is 9.59 Å². The molecule has 1 aliphatic rings. The van der Waals surface area contributed by atoms with Gasteiger partial charge in [-0.15, -0.1) is 12.4 Å². The van der Waals surface area contributed by atoms with E-state index in [1.54, 1.807) is 0 Å². The monoisotopic (exact) mass is 414 g/mol. The van der Waals surface area contributed by atoms with E-state index in [9.17, 15) is 9.59 Å². The Hall–Kier alpha value is -2.17. The maximum Gasteiger partial charge on any atom is 0.227 e. The summed E-state index contributed by atoms with van der Waals surface area (Å²) in [7, 11) is 0. The molecule has 0 bridgehead atoms. The molecule has 0 unspecified atom stereocenters. The van der Waals surface area contributed by atoms with E-state index in [2.05, 4.69) is 10.2 Å². The van der Waals surface area contributed by atoms with Crippen LogP contribution in [0.3, 0.4) is 0 Å². The highest BCUT2D eigenvalue weighted by atomic mass is 35.5. The van der Waals surface area contributed by atoms with Crippen molar-refractivity contribution in [1.29, 1.82) is 0 Å². The summed E-state index contributed by atoms with van der Waals surface area (Å²) in [5.41, 5.74) is 2.15. The molecule has 0 aliphatic carbocycles. The molecule has 1 aliphatic heterocycles. The Morgan fingerprint density at radius 2 is 1.66 bits per heavy atom. The van der Waals surface area contributed by atoms with Gasteiger partial charge in [-0.2, -0.15) is 0 Å². The number of carbonyl (C=O) groups excluding carboxylic acids is 2. The first kappa shape index (κ1) is 23.1. The highest BCUT2D eigenvalue weighted by Crippen LogP contribution is 2.19. The summed E-state index contributed by atoms with van der Waals surface area (Å²) in [6.45, 7) is 6.02. The van der Waals surface area contributed by atoms with E-state index in [0.29, 0.717) is 17.7 Å². The van der Waals surface area contributed by atoms with Crippen molar-refractivity contribution in [3.63, 3.8) is 0 Å². The number of benzene rings is 2. The highest BCUT2D eigenvalue weighted by Gasteiger charge is 2.17.